The number of aryl methyl sites for hydroxylation is 3. The van der Waals surface area contributed by atoms with Crippen molar-refractivity contribution >= 4 is 16.9 Å². The number of fused-ring (bicyclic) bond motifs is 1. The van der Waals surface area contributed by atoms with E-state index in [9.17, 15) is 4.79 Å². The second-order valence-electron chi connectivity index (χ2n) is 7.96. The van der Waals surface area contributed by atoms with Gasteiger partial charge in [-0.2, -0.15) is 10.2 Å². The molecule has 1 aliphatic carbocycles. The minimum absolute atomic E-state index is 0.0382. The van der Waals surface area contributed by atoms with E-state index in [2.05, 4.69) is 22.4 Å². The molecule has 1 N–H and O–H groups in total. The standard InChI is InChI=1S/C21H28N6O/c1-5-8-26-20-18(11-22-26)17(10-19(24-20)16-6-7-16)21(28)23-14(3)12-27-15(4)9-13(2)25-27/h9-11,14,16H,5-8,12H2,1-4H3,(H,23,28)/t14-/m1/s1. The third-order valence-corrected chi connectivity index (χ3v) is 5.23. The second kappa shape index (κ2) is 7.37. The van der Waals surface area contributed by atoms with E-state index in [1.54, 1.807) is 6.20 Å². The zero-order valence-corrected chi connectivity index (χ0v) is 17.1. The van der Waals surface area contributed by atoms with E-state index in [0.717, 1.165) is 53.9 Å². The minimum Gasteiger partial charge on any atom is -0.348 e. The number of amides is 1. The first kappa shape index (κ1) is 18.7. The number of carbonyl (C=O) groups excluding carboxylic acids is 1. The average Bonchev–Trinajstić information content (AvgIpc) is 3.35. The lowest BCUT2D eigenvalue weighted by atomic mass is 10.1. The Morgan fingerprint density at radius 2 is 2.07 bits per heavy atom. The summed E-state index contributed by atoms with van der Waals surface area (Å²) in [6.45, 7) is 9.59. The Bertz CT molecular complexity index is 1010. The van der Waals surface area contributed by atoms with Crippen molar-refractivity contribution in [3.05, 3.63) is 41.0 Å². The molecule has 0 bridgehead atoms. The van der Waals surface area contributed by atoms with Gasteiger partial charge < -0.3 is 5.32 Å². The van der Waals surface area contributed by atoms with E-state index in [1.165, 1.54) is 0 Å². The van der Waals surface area contributed by atoms with Gasteiger partial charge in [0, 0.05) is 29.9 Å². The molecule has 0 aliphatic heterocycles. The maximum absolute atomic E-state index is 13.1. The Kier molecular flexibility index (Phi) is 4.91. The first-order chi connectivity index (χ1) is 13.5. The lowest BCUT2D eigenvalue weighted by molar-refractivity contribution is 0.0937. The lowest BCUT2D eigenvalue weighted by Gasteiger charge is -2.16. The van der Waals surface area contributed by atoms with Gasteiger partial charge >= 0.3 is 0 Å². The first-order valence-corrected chi connectivity index (χ1v) is 10.1. The average molecular weight is 380 g/mol. The van der Waals surface area contributed by atoms with E-state index < -0.39 is 0 Å². The van der Waals surface area contributed by atoms with Crippen molar-refractivity contribution in [1.82, 2.24) is 29.9 Å². The summed E-state index contributed by atoms with van der Waals surface area (Å²) in [5.74, 6) is 0.410. The lowest BCUT2D eigenvalue weighted by Crippen LogP contribution is -2.36. The molecule has 0 saturated heterocycles. The van der Waals surface area contributed by atoms with Crippen LogP contribution in [0.5, 0.6) is 0 Å². The van der Waals surface area contributed by atoms with E-state index in [0.29, 0.717) is 18.0 Å². The predicted octanol–water partition coefficient (Wildman–Crippen LogP) is 3.35. The number of pyridine rings is 1. The fourth-order valence-electron chi connectivity index (χ4n) is 3.68. The van der Waals surface area contributed by atoms with Gasteiger partial charge in [0.2, 0.25) is 0 Å². The monoisotopic (exact) mass is 380 g/mol. The zero-order chi connectivity index (χ0) is 19.8. The maximum Gasteiger partial charge on any atom is 0.252 e. The molecule has 1 fully saturated rings. The van der Waals surface area contributed by atoms with Crippen LogP contribution in [0.25, 0.3) is 11.0 Å². The van der Waals surface area contributed by atoms with Crippen LogP contribution >= 0.6 is 0 Å². The predicted molar refractivity (Wildman–Crippen MR) is 108 cm³/mol. The van der Waals surface area contributed by atoms with Crippen molar-refractivity contribution in [2.45, 2.75) is 72.0 Å². The number of rotatable bonds is 7. The molecule has 0 aromatic carbocycles. The summed E-state index contributed by atoms with van der Waals surface area (Å²) in [6, 6.07) is 3.97. The van der Waals surface area contributed by atoms with Crippen molar-refractivity contribution in [3.8, 4) is 0 Å². The molecule has 4 rings (SSSR count). The third-order valence-electron chi connectivity index (χ3n) is 5.23. The summed E-state index contributed by atoms with van der Waals surface area (Å²) in [7, 11) is 0. The van der Waals surface area contributed by atoms with Gasteiger partial charge in [-0.3, -0.25) is 9.48 Å². The summed E-state index contributed by atoms with van der Waals surface area (Å²) in [4.78, 5) is 17.9. The number of carbonyl (C=O) groups is 1. The topological polar surface area (TPSA) is 77.6 Å². The maximum atomic E-state index is 13.1. The molecule has 7 heteroatoms. The molecule has 1 aliphatic rings. The molecule has 1 atom stereocenters. The van der Waals surface area contributed by atoms with Crippen molar-refractivity contribution in [2.24, 2.45) is 0 Å². The van der Waals surface area contributed by atoms with Crippen LogP contribution in [-0.4, -0.2) is 36.5 Å². The van der Waals surface area contributed by atoms with Gasteiger partial charge in [0.25, 0.3) is 5.91 Å². The molecule has 148 valence electrons. The van der Waals surface area contributed by atoms with E-state index in [1.807, 2.05) is 42.3 Å². The summed E-state index contributed by atoms with van der Waals surface area (Å²) in [5.41, 5.74) is 4.60. The molecule has 3 heterocycles. The molecule has 1 amide bonds. The van der Waals surface area contributed by atoms with Crippen LogP contribution in [0.4, 0.5) is 0 Å². The van der Waals surface area contributed by atoms with E-state index in [-0.39, 0.29) is 11.9 Å². The van der Waals surface area contributed by atoms with Gasteiger partial charge in [0.1, 0.15) is 0 Å². The highest BCUT2D eigenvalue weighted by Gasteiger charge is 2.28. The second-order valence-corrected chi connectivity index (χ2v) is 7.96. The number of nitrogens with one attached hydrogen (secondary N) is 1. The molecule has 0 unspecified atom stereocenters. The molecular weight excluding hydrogens is 352 g/mol. The summed E-state index contributed by atoms with van der Waals surface area (Å²) in [5, 5.41) is 12.9. The SMILES string of the molecule is CCCn1ncc2c(C(=O)N[C@H](C)Cn3nc(C)cc3C)cc(C3CC3)nc21. The summed E-state index contributed by atoms with van der Waals surface area (Å²) in [6.07, 6.45) is 5.05. The molecular formula is C21H28N6O. The summed E-state index contributed by atoms with van der Waals surface area (Å²) >= 11 is 0. The zero-order valence-electron chi connectivity index (χ0n) is 17.1. The smallest absolute Gasteiger partial charge is 0.252 e. The summed E-state index contributed by atoms with van der Waals surface area (Å²) < 4.78 is 3.86. The van der Waals surface area contributed by atoms with E-state index >= 15 is 0 Å². The first-order valence-electron chi connectivity index (χ1n) is 10.1. The minimum atomic E-state index is -0.0700. The van der Waals surface area contributed by atoms with E-state index in [4.69, 9.17) is 4.98 Å². The molecule has 0 spiro atoms. The molecule has 28 heavy (non-hydrogen) atoms. The van der Waals surface area contributed by atoms with Gasteiger partial charge in [-0.25, -0.2) is 9.67 Å². The number of hydrogen-bond acceptors (Lipinski definition) is 4. The molecule has 3 aromatic rings. The Hall–Kier alpha value is -2.70. The van der Waals surface area contributed by atoms with Crippen LogP contribution in [0.1, 0.15) is 66.5 Å². The van der Waals surface area contributed by atoms with Crippen molar-refractivity contribution < 1.29 is 4.79 Å². The van der Waals surface area contributed by atoms with Crippen molar-refractivity contribution in [1.29, 1.82) is 0 Å². The van der Waals surface area contributed by atoms with Gasteiger partial charge in [0.15, 0.2) is 5.65 Å². The highest BCUT2D eigenvalue weighted by Crippen LogP contribution is 2.40. The number of nitrogens with zero attached hydrogens (tertiary/aromatic N) is 5. The normalized spacial score (nSPS) is 15.1. The molecule has 0 radical (unpaired) electrons. The van der Waals surface area contributed by atoms with Crippen LogP contribution in [0, 0.1) is 13.8 Å². The fourth-order valence-corrected chi connectivity index (χ4v) is 3.68. The van der Waals surface area contributed by atoms with Crippen molar-refractivity contribution in [3.63, 3.8) is 0 Å². The van der Waals surface area contributed by atoms with Crippen LogP contribution in [-0.2, 0) is 13.1 Å². The largest absolute Gasteiger partial charge is 0.348 e. The van der Waals surface area contributed by atoms with Gasteiger partial charge in [-0.15, -0.1) is 0 Å². The highest BCUT2D eigenvalue weighted by atomic mass is 16.1. The van der Waals surface area contributed by atoms with Crippen LogP contribution in [0.15, 0.2) is 18.3 Å². The molecule has 3 aromatic heterocycles. The van der Waals surface area contributed by atoms with Gasteiger partial charge in [0.05, 0.1) is 29.4 Å². The Balaban J connectivity index is 1.60. The fraction of sp³-hybridized carbons (Fsp3) is 0.524. The Morgan fingerprint density at radius 1 is 1.29 bits per heavy atom. The van der Waals surface area contributed by atoms with Crippen LogP contribution in [0.3, 0.4) is 0 Å². The number of aromatic nitrogens is 5. The van der Waals surface area contributed by atoms with Crippen LogP contribution in [0.2, 0.25) is 0 Å². The van der Waals surface area contributed by atoms with Crippen molar-refractivity contribution in [2.75, 3.05) is 0 Å². The van der Waals surface area contributed by atoms with Gasteiger partial charge in [-0.1, -0.05) is 6.92 Å². The number of hydrogen-bond donors (Lipinski definition) is 1. The highest BCUT2D eigenvalue weighted by molar-refractivity contribution is 6.05. The third kappa shape index (κ3) is 3.66. The molecule has 7 nitrogen and oxygen atoms in total. The Morgan fingerprint density at radius 3 is 2.71 bits per heavy atom. The molecule has 1 saturated carbocycles. The van der Waals surface area contributed by atoms with Crippen LogP contribution < -0.4 is 5.32 Å². The van der Waals surface area contributed by atoms with Gasteiger partial charge in [-0.05, 0) is 52.2 Å². The quantitative estimate of drug-likeness (QED) is 0.682. The Labute approximate surface area is 165 Å².